The smallest absolute Gasteiger partial charge is 0.0426 e. The molecule has 1 heterocycles. The summed E-state index contributed by atoms with van der Waals surface area (Å²) in [6.07, 6.45) is 0. The Morgan fingerprint density at radius 2 is 1.26 bits per heavy atom. The van der Waals surface area contributed by atoms with Crippen LogP contribution in [0.2, 0.25) is 5.02 Å². The van der Waals surface area contributed by atoms with Gasteiger partial charge in [-0.3, -0.25) is 0 Å². The predicted molar refractivity (Wildman–Crippen MR) is 82.3 cm³/mol. The van der Waals surface area contributed by atoms with Gasteiger partial charge in [0.1, 0.15) is 0 Å². The first-order valence-electron chi connectivity index (χ1n) is 6.63. The van der Waals surface area contributed by atoms with Crippen molar-refractivity contribution in [1.82, 2.24) is 0 Å². The van der Waals surface area contributed by atoms with Crippen LogP contribution in [0.1, 0.15) is 0 Å². The van der Waals surface area contributed by atoms with Gasteiger partial charge in [-0.1, -0.05) is 35.9 Å². The Kier molecular flexibility index (Phi) is 3.60. The van der Waals surface area contributed by atoms with Gasteiger partial charge >= 0.3 is 0 Å². The number of hydrogen-bond acceptors (Lipinski definition) is 2. The number of benzene rings is 2. The van der Waals surface area contributed by atoms with Crippen LogP contribution in [0, 0.1) is 0 Å². The summed E-state index contributed by atoms with van der Waals surface area (Å²) in [5.74, 6) is 0. The third-order valence-corrected chi connectivity index (χ3v) is 3.81. The molecule has 0 bridgehead atoms. The van der Waals surface area contributed by atoms with Gasteiger partial charge < -0.3 is 9.80 Å². The highest BCUT2D eigenvalue weighted by atomic mass is 35.5. The first-order chi connectivity index (χ1) is 9.33. The third kappa shape index (κ3) is 2.85. The highest BCUT2D eigenvalue weighted by Crippen LogP contribution is 2.22. The molecule has 0 N–H and O–H groups in total. The third-order valence-electron chi connectivity index (χ3n) is 3.57. The fraction of sp³-hybridized carbons (Fsp3) is 0.250. The zero-order valence-corrected chi connectivity index (χ0v) is 11.6. The van der Waals surface area contributed by atoms with Crippen LogP contribution in [0.3, 0.4) is 0 Å². The molecule has 1 fully saturated rings. The molecule has 19 heavy (non-hydrogen) atoms. The largest absolute Gasteiger partial charge is 0.368 e. The molecule has 0 atom stereocenters. The van der Waals surface area contributed by atoms with Gasteiger partial charge in [0.2, 0.25) is 0 Å². The van der Waals surface area contributed by atoms with Crippen molar-refractivity contribution >= 4 is 23.0 Å². The Balaban J connectivity index is 1.67. The monoisotopic (exact) mass is 272 g/mol. The van der Waals surface area contributed by atoms with E-state index in [9.17, 15) is 0 Å². The zero-order valence-electron chi connectivity index (χ0n) is 10.8. The summed E-state index contributed by atoms with van der Waals surface area (Å²) in [7, 11) is 0. The number of piperazine rings is 1. The Labute approximate surface area is 119 Å². The lowest BCUT2D eigenvalue weighted by Gasteiger charge is -2.37. The Morgan fingerprint density at radius 3 is 1.89 bits per heavy atom. The highest BCUT2D eigenvalue weighted by molar-refractivity contribution is 6.30. The Bertz CT molecular complexity index is 533. The van der Waals surface area contributed by atoms with E-state index in [1.54, 1.807) is 0 Å². The summed E-state index contributed by atoms with van der Waals surface area (Å²) in [6.45, 7) is 4.18. The van der Waals surface area contributed by atoms with Crippen LogP contribution in [0.4, 0.5) is 11.4 Å². The molecule has 0 amide bonds. The summed E-state index contributed by atoms with van der Waals surface area (Å²) >= 11 is 6.05. The number of nitrogens with zero attached hydrogens (tertiary/aromatic N) is 2. The Morgan fingerprint density at radius 1 is 0.684 bits per heavy atom. The summed E-state index contributed by atoms with van der Waals surface area (Å²) in [6, 6.07) is 18.7. The fourth-order valence-electron chi connectivity index (χ4n) is 2.53. The molecule has 2 aromatic rings. The van der Waals surface area contributed by atoms with Crippen LogP contribution < -0.4 is 9.80 Å². The van der Waals surface area contributed by atoms with Gasteiger partial charge in [0.15, 0.2) is 0 Å². The molecular formula is C16H17ClN2. The molecule has 3 rings (SSSR count). The molecular weight excluding hydrogens is 256 g/mol. The van der Waals surface area contributed by atoms with Crippen molar-refractivity contribution in [2.75, 3.05) is 36.0 Å². The SMILES string of the molecule is Clc1cccc(N2CCN(c3ccccc3)CC2)c1. The topological polar surface area (TPSA) is 6.48 Å². The van der Waals surface area contributed by atoms with Gasteiger partial charge in [-0.15, -0.1) is 0 Å². The minimum atomic E-state index is 0.808. The van der Waals surface area contributed by atoms with Crippen LogP contribution in [0.15, 0.2) is 54.6 Å². The van der Waals surface area contributed by atoms with E-state index in [1.807, 2.05) is 18.2 Å². The van der Waals surface area contributed by atoms with Crippen LogP contribution >= 0.6 is 11.6 Å². The van der Waals surface area contributed by atoms with Crippen molar-refractivity contribution in [2.45, 2.75) is 0 Å². The maximum atomic E-state index is 6.05. The van der Waals surface area contributed by atoms with Gasteiger partial charge in [0, 0.05) is 42.6 Å². The molecule has 2 nitrogen and oxygen atoms in total. The predicted octanol–water partition coefficient (Wildman–Crippen LogP) is 3.67. The quantitative estimate of drug-likeness (QED) is 0.823. The molecule has 0 radical (unpaired) electrons. The van der Waals surface area contributed by atoms with Crippen LogP contribution in [-0.4, -0.2) is 26.2 Å². The molecule has 0 saturated carbocycles. The normalized spacial score (nSPS) is 15.6. The lowest BCUT2D eigenvalue weighted by Crippen LogP contribution is -2.46. The minimum Gasteiger partial charge on any atom is -0.368 e. The number of rotatable bonds is 2. The van der Waals surface area contributed by atoms with Gasteiger partial charge in [0.05, 0.1) is 0 Å². The average molecular weight is 273 g/mol. The highest BCUT2D eigenvalue weighted by Gasteiger charge is 2.17. The van der Waals surface area contributed by atoms with E-state index in [1.165, 1.54) is 11.4 Å². The molecule has 1 aliphatic rings. The van der Waals surface area contributed by atoms with E-state index in [0.29, 0.717) is 0 Å². The first kappa shape index (κ1) is 12.4. The standard InChI is InChI=1S/C16H17ClN2/c17-14-5-4-8-16(13-14)19-11-9-18(10-12-19)15-6-2-1-3-7-15/h1-8,13H,9-12H2. The van der Waals surface area contributed by atoms with E-state index < -0.39 is 0 Å². The van der Waals surface area contributed by atoms with E-state index in [4.69, 9.17) is 11.6 Å². The lowest BCUT2D eigenvalue weighted by atomic mass is 10.2. The second-order valence-electron chi connectivity index (χ2n) is 4.79. The second-order valence-corrected chi connectivity index (χ2v) is 5.23. The van der Waals surface area contributed by atoms with Crippen molar-refractivity contribution in [1.29, 1.82) is 0 Å². The number of anilines is 2. The van der Waals surface area contributed by atoms with Crippen LogP contribution in [0.25, 0.3) is 0 Å². The van der Waals surface area contributed by atoms with E-state index in [-0.39, 0.29) is 0 Å². The summed E-state index contributed by atoms with van der Waals surface area (Å²) < 4.78 is 0. The number of hydrogen-bond donors (Lipinski definition) is 0. The van der Waals surface area contributed by atoms with E-state index in [0.717, 1.165) is 31.2 Å². The lowest BCUT2D eigenvalue weighted by molar-refractivity contribution is 0.653. The van der Waals surface area contributed by atoms with Crippen molar-refractivity contribution < 1.29 is 0 Å². The number of para-hydroxylation sites is 1. The van der Waals surface area contributed by atoms with Crippen LogP contribution in [0.5, 0.6) is 0 Å². The second kappa shape index (κ2) is 5.54. The maximum Gasteiger partial charge on any atom is 0.0426 e. The summed E-state index contributed by atoms with van der Waals surface area (Å²) in [5, 5.41) is 0.808. The molecule has 0 aliphatic carbocycles. The van der Waals surface area contributed by atoms with E-state index >= 15 is 0 Å². The maximum absolute atomic E-state index is 6.05. The van der Waals surface area contributed by atoms with Gasteiger partial charge in [-0.25, -0.2) is 0 Å². The van der Waals surface area contributed by atoms with Crippen molar-refractivity contribution in [3.05, 3.63) is 59.6 Å². The fourth-order valence-corrected chi connectivity index (χ4v) is 2.72. The molecule has 0 spiro atoms. The first-order valence-corrected chi connectivity index (χ1v) is 7.01. The zero-order chi connectivity index (χ0) is 13.1. The molecule has 3 heteroatoms. The molecule has 1 saturated heterocycles. The molecule has 0 aromatic heterocycles. The molecule has 0 unspecified atom stereocenters. The van der Waals surface area contributed by atoms with Gasteiger partial charge in [-0.05, 0) is 30.3 Å². The summed E-state index contributed by atoms with van der Waals surface area (Å²) in [4.78, 5) is 4.83. The Hall–Kier alpha value is -1.67. The summed E-state index contributed by atoms with van der Waals surface area (Å²) in [5.41, 5.74) is 2.54. The van der Waals surface area contributed by atoms with Crippen LogP contribution in [-0.2, 0) is 0 Å². The van der Waals surface area contributed by atoms with Gasteiger partial charge in [0.25, 0.3) is 0 Å². The molecule has 2 aromatic carbocycles. The molecule has 1 aliphatic heterocycles. The van der Waals surface area contributed by atoms with Crippen molar-refractivity contribution in [3.63, 3.8) is 0 Å². The molecule has 98 valence electrons. The van der Waals surface area contributed by atoms with Gasteiger partial charge in [-0.2, -0.15) is 0 Å². The average Bonchev–Trinajstić information content (AvgIpc) is 2.48. The minimum absolute atomic E-state index is 0.808. The van der Waals surface area contributed by atoms with E-state index in [2.05, 4.69) is 46.2 Å². The van der Waals surface area contributed by atoms with Crippen molar-refractivity contribution in [3.8, 4) is 0 Å². The number of halogens is 1. The van der Waals surface area contributed by atoms with Crippen molar-refractivity contribution in [2.24, 2.45) is 0 Å².